The van der Waals surface area contributed by atoms with Gasteiger partial charge in [0.15, 0.2) is 0 Å². The monoisotopic (exact) mass is 561 g/mol. The molecule has 32 heavy (non-hydrogen) atoms. The summed E-state index contributed by atoms with van der Waals surface area (Å²) in [5.74, 6) is 0. The molecule has 2 aromatic rings. The summed E-state index contributed by atoms with van der Waals surface area (Å²) in [7, 11) is 0.750. The number of benzene rings is 2. The van der Waals surface area contributed by atoms with Gasteiger partial charge in [-0.25, -0.2) is 12.2 Å². The van der Waals surface area contributed by atoms with E-state index in [9.17, 15) is 0 Å². The topological polar surface area (TPSA) is 0 Å². The summed E-state index contributed by atoms with van der Waals surface area (Å²) in [6.07, 6.45) is 11.0. The molecule has 0 atom stereocenters. The first kappa shape index (κ1) is 33.8. The van der Waals surface area contributed by atoms with E-state index >= 15 is 0 Å². The van der Waals surface area contributed by atoms with Gasteiger partial charge in [0, 0.05) is 9.52 Å². The Labute approximate surface area is 231 Å². The van der Waals surface area contributed by atoms with Crippen molar-refractivity contribution in [3.63, 3.8) is 0 Å². The number of allylic oxidation sites excluding steroid dienone is 4. The van der Waals surface area contributed by atoms with Gasteiger partial charge in [-0.15, -0.1) is 17.5 Å². The first-order valence-corrected chi connectivity index (χ1v) is 13.0. The van der Waals surface area contributed by atoms with Crippen LogP contribution in [0, 0.1) is 12.1 Å². The molecular formula is C28H37Cl2SiZr. The van der Waals surface area contributed by atoms with Gasteiger partial charge in [0.1, 0.15) is 0 Å². The van der Waals surface area contributed by atoms with Crippen LogP contribution in [-0.4, -0.2) is 9.52 Å². The number of rotatable bonds is 0. The van der Waals surface area contributed by atoms with Crippen molar-refractivity contribution >= 4 is 9.52 Å². The second kappa shape index (κ2) is 14.8. The maximum absolute atomic E-state index is 3.67. The molecule has 0 nitrogen and oxygen atoms in total. The number of hydrogen-bond donors (Lipinski definition) is 0. The second-order valence-electron chi connectivity index (χ2n) is 9.89. The molecule has 4 rings (SSSR count). The van der Waals surface area contributed by atoms with E-state index in [1.54, 1.807) is 0 Å². The van der Waals surface area contributed by atoms with Crippen molar-refractivity contribution in [1.82, 2.24) is 0 Å². The minimum atomic E-state index is 0. The summed E-state index contributed by atoms with van der Waals surface area (Å²) >= 11 is 0. The van der Waals surface area contributed by atoms with E-state index < -0.39 is 0 Å². The molecule has 0 aliphatic heterocycles. The zero-order valence-corrected chi connectivity index (χ0v) is 26.0. The quantitative estimate of drug-likeness (QED) is 0.287. The summed E-state index contributed by atoms with van der Waals surface area (Å²) in [6.45, 7) is 18.0. The Kier molecular flexibility index (Phi) is 15.6. The average molecular weight is 564 g/mol. The predicted molar refractivity (Wildman–Crippen MR) is 131 cm³/mol. The Morgan fingerprint density at radius 3 is 1.88 bits per heavy atom. The SMILES string of the molecule is CC(C)(C)c1[c-]c2c(cc1)-c1ccc(C(C)(C)C)cc1C2.C[SiH]C.[C-]1=CC=CC1.[Cl-].[Cl-].[Zr+4]. The zero-order valence-electron chi connectivity index (χ0n) is 20.9. The predicted octanol–water partition coefficient (Wildman–Crippen LogP) is 1.48. The van der Waals surface area contributed by atoms with Crippen LogP contribution >= 0.6 is 0 Å². The smallest absolute Gasteiger partial charge is 1.00 e. The van der Waals surface area contributed by atoms with Gasteiger partial charge >= 0.3 is 26.2 Å². The third-order valence-electron chi connectivity index (χ3n) is 5.05. The molecule has 0 N–H and O–H groups in total. The fraction of sp³-hybridized carbons (Fsp3) is 0.429. The molecule has 0 heterocycles. The molecule has 0 bridgehead atoms. The van der Waals surface area contributed by atoms with Crippen LogP contribution in [0.15, 0.2) is 48.6 Å². The van der Waals surface area contributed by atoms with E-state index in [4.69, 9.17) is 0 Å². The first-order chi connectivity index (χ1) is 13.6. The van der Waals surface area contributed by atoms with E-state index in [-0.39, 0.29) is 61.8 Å². The maximum atomic E-state index is 3.67. The Morgan fingerprint density at radius 1 is 0.844 bits per heavy atom. The van der Waals surface area contributed by atoms with E-state index in [1.165, 1.54) is 33.4 Å². The molecule has 0 saturated carbocycles. The van der Waals surface area contributed by atoms with Crippen molar-refractivity contribution < 1.29 is 51.0 Å². The molecule has 0 saturated heterocycles. The van der Waals surface area contributed by atoms with Crippen molar-refractivity contribution in [2.75, 3.05) is 0 Å². The van der Waals surface area contributed by atoms with Crippen molar-refractivity contribution in [1.29, 1.82) is 0 Å². The Bertz CT molecular complexity index is 816. The van der Waals surface area contributed by atoms with Crippen LogP contribution in [0.5, 0.6) is 0 Å². The van der Waals surface area contributed by atoms with Gasteiger partial charge in [0.25, 0.3) is 0 Å². The molecule has 0 aromatic heterocycles. The molecule has 0 amide bonds. The van der Waals surface area contributed by atoms with Gasteiger partial charge in [-0.1, -0.05) is 78.4 Å². The standard InChI is InChI=1S/C21H25.C5H5.C2H7Si.2ClH.Zr/c1-20(2,3)16-7-9-18-14(12-16)11-15-13-17(21(4,5)6)8-10-19(15)18;1-2-4-5-3-1;1-3-2;;;/h7-10,12H,11H2,1-6H3;1-3H,4H2;3H,1-2H3;2*1H;/q2*-1;;;;+4/p-2. The largest absolute Gasteiger partial charge is 4.00 e. The molecule has 0 spiro atoms. The molecule has 1 radical (unpaired) electrons. The number of hydrogen-bond acceptors (Lipinski definition) is 0. The van der Waals surface area contributed by atoms with Crippen molar-refractivity contribution in [3.05, 3.63) is 83.0 Å². The van der Waals surface area contributed by atoms with Crippen LogP contribution in [0.4, 0.5) is 0 Å². The molecule has 0 unspecified atom stereocenters. The Balaban J connectivity index is 0. The molecule has 2 aliphatic carbocycles. The third kappa shape index (κ3) is 9.46. The maximum Gasteiger partial charge on any atom is 4.00 e. The first-order valence-electron chi connectivity index (χ1n) is 10.7. The Morgan fingerprint density at radius 2 is 1.44 bits per heavy atom. The van der Waals surface area contributed by atoms with Gasteiger partial charge in [-0.05, 0) is 28.4 Å². The molecular weight excluding hydrogens is 527 g/mol. The molecule has 2 aliphatic rings. The number of fused-ring (bicyclic) bond motifs is 3. The van der Waals surface area contributed by atoms with E-state index in [0.717, 1.165) is 22.4 Å². The summed E-state index contributed by atoms with van der Waals surface area (Å²) < 4.78 is 0. The molecule has 0 fully saturated rings. The summed E-state index contributed by atoms with van der Waals surface area (Å²) in [4.78, 5) is 0. The third-order valence-corrected chi connectivity index (χ3v) is 5.05. The minimum Gasteiger partial charge on any atom is -1.00 e. The normalized spacial score (nSPS) is 12.5. The van der Waals surface area contributed by atoms with Gasteiger partial charge in [0.05, 0.1) is 0 Å². The fourth-order valence-corrected chi connectivity index (χ4v) is 3.37. The average Bonchev–Trinajstić information content (AvgIpc) is 3.31. The van der Waals surface area contributed by atoms with Gasteiger partial charge in [0.2, 0.25) is 0 Å². The zero-order chi connectivity index (χ0) is 21.7. The van der Waals surface area contributed by atoms with Crippen molar-refractivity contribution in [2.45, 2.75) is 78.3 Å². The minimum absolute atomic E-state index is 0. The van der Waals surface area contributed by atoms with Crippen LogP contribution in [0.25, 0.3) is 11.1 Å². The van der Waals surface area contributed by atoms with Gasteiger partial charge in [-0.2, -0.15) is 29.8 Å². The fourth-order valence-electron chi connectivity index (χ4n) is 3.37. The van der Waals surface area contributed by atoms with Crippen molar-refractivity contribution in [3.8, 4) is 11.1 Å². The van der Waals surface area contributed by atoms with Gasteiger partial charge in [-0.3, -0.25) is 6.08 Å². The van der Waals surface area contributed by atoms with E-state index in [0.29, 0.717) is 0 Å². The van der Waals surface area contributed by atoms with E-state index in [2.05, 4.69) is 103 Å². The van der Waals surface area contributed by atoms with Crippen LogP contribution < -0.4 is 24.8 Å². The summed E-state index contributed by atoms with van der Waals surface area (Å²) in [6, 6.07) is 15.2. The van der Waals surface area contributed by atoms with Crippen LogP contribution in [0.1, 0.15) is 70.2 Å². The van der Waals surface area contributed by atoms with Crippen molar-refractivity contribution in [2.24, 2.45) is 0 Å². The summed E-state index contributed by atoms with van der Waals surface area (Å²) in [5.41, 5.74) is 8.70. The van der Waals surface area contributed by atoms with Crippen LogP contribution in [0.2, 0.25) is 13.1 Å². The molecule has 4 heteroatoms. The second-order valence-corrected chi connectivity index (χ2v) is 11.0. The number of halogens is 2. The Hall–Kier alpha value is -0.400. The summed E-state index contributed by atoms with van der Waals surface area (Å²) in [5, 5.41) is 0. The molecule has 171 valence electrons. The molecule has 2 aromatic carbocycles. The van der Waals surface area contributed by atoms with Gasteiger partial charge < -0.3 is 24.8 Å². The van der Waals surface area contributed by atoms with E-state index in [1.807, 2.05) is 12.2 Å². The van der Waals surface area contributed by atoms with Crippen LogP contribution in [0.3, 0.4) is 0 Å². The van der Waals surface area contributed by atoms with Crippen LogP contribution in [-0.2, 0) is 43.5 Å².